The predicted octanol–water partition coefficient (Wildman–Crippen LogP) is 5.92. The fraction of sp³-hybridized carbons (Fsp3) is 0.240. The molecule has 0 saturated heterocycles. The summed E-state index contributed by atoms with van der Waals surface area (Å²) in [6.45, 7) is 4.75. The topological polar surface area (TPSA) is 55.8 Å². The Balaban J connectivity index is 1.76. The first-order valence-corrected chi connectivity index (χ1v) is 9.78. The normalized spacial score (nSPS) is 11.8. The average molecular weight is 390 g/mol. The summed E-state index contributed by atoms with van der Waals surface area (Å²) < 4.78 is 11.6. The van der Waals surface area contributed by atoms with Crippen LogP contribution < -0.4 is 9.47 Å². The van der Waals surface area contributed by atoms with Gasteiger partial charge in [-0.1, -0.05) is 56.3 Å². The highest BCUT2D eigenvalue weighted by molar-refractivity contribution is 5.76. The molecule has 0 amide bonds. The Kier molecular flexibility index (Phi) is 6.90. The Morgan fingerprint density at radius 3 is 2.28 bits per heavy atom. The van der Waals surface area contributed by atoms with Crippen molar-refractivity contribution in [3.8, 4) is 17.2 Å². The van der Waals surface area contributed by atoms with Crippen LogP contribution in [0.1, 0.15) is 30.9 Å². The van der Waals surface area contributed by atoms with Crippen molar-refractivity contribution in [3.05, 3.63) is 90.0 Å². The van der Waals surface area contributed by atoms with Crippen molar-refractivity contribution in [3.63, 3.8) is 0 Å². The third-order valence-corrected chi connectivity index (χ3v) is 4.46. The largest absolute Gasteiger partial charge is 0.493 e. The number of aliphatic carboxylic acids is 1. The Hall–Kier alpha value is -3.27. The van der Waals surface area contributed by atoms with E-state index >= 15 is 0 Å². The molecule has 3 aromatic rings. The summed E-state index contributed by atoms with van der Waals surface area (Å²) in [4.78, 5) is 12.0. The number of benzene rings is 3. The third-order valence-electron chi connectivity index (χ3n) is 4.46. The minimum absolute atomic E-state index is 0.370. The van der Waals surface area contributed by atoms with Gasteiger partial charge >= 0.3 is 5.97 Å². The van der Waals surface area contributed by atoms with E-state index in [-0.39, 0.29) is 0 Å². The maximum Gasteiger partial charge on any atom is 0.311 e. The van der Waals surface area contributed by atoms with Crippen LogP contribution in [0.25, 0.3) is 0 Å². The molecule has 0 saturated carbocycles. The third kappa shape index (κ3) is 6.11. The maximum atomic E-state index is 12.0. The summed E-state index contributed by atoms with van der Waals surface area (Å²) in [7, 11) is 0. The summed E-state index contributed by atoms with van der Waals surface area (Å²) in [5.74, 6) is 1.01. The molecule has 4 heteroatoms. The molecule has 3 aromatic carbocycles. The standard InChI is InChI=1S/C25H26O4/c1-18(2)17-28-22-12-7-9-20(16-22)24(25(26)27)15-19-8-6-13-23(14-19)29-21-10-4-3-5-11-21/h3-14,16,18,24H,15,17H2,1-2H3,(H,26,27). The first kappa shape index (κ1) is 20.5. The van der Waals surface area contributed by atoms with Crippen molar-refractivity contribution in [2.24, 2.45) is 5.92 Å². The molecule has 0 aliphatic rings. The molecule has 29 heavy (non-hydrogen) atoms. The van der Waals surface area contributed by atoms with Gasteiger partial charge in [-0.15, -0.1) is 0 Å². The van der Waals surface area contributed by atoms with Gasteiger partial charge in [0.05, 0.1) is 12.5 Å². The smallest absolute Gasteiger partial charge is 0.311 e. The molecule has 0 aliphatic heterocycles. The van der Waals surface area contributed by atoms with Gasteiger partial charge in [-0.2, -0.15) is 0 Å². The maximum absolute atomic E-state index is 12.0. The van der Waals surface area contributed by atoms with Crippen LogP contribution in [-0.2, 0) is 11.2 Å². The predicted molar refractivity (Wildman–Crippen MR) is 114 cm³/mol. The summed E-state index contributed by atoms with van der Waals surface area (Å²) in [6, 6.07) is 24.5. The second-order valence-electron chi connectivity index (χ2n) is 7.43. The summed E-state index contributed by atoms with van der Waals surface area (Å²) in [6.07, 6.45) is 0.370. The molecule has 1 atom stereocenters. The molecule has 150 valence electrons. The second kappa shape index (κ2) is 9.78. The molecule has 0 aromatic heterocycles. The lowest BCUT2D eigenvalue weighted by molar-refractivity contribution is -0.138. The first-order chi connectivity index (χ1) is 14.0. The zero-order chi connectivity index (χ0) is 20.6. The first-order valence-electron chi connectivity index (χ1n) is 9.78. The van der Waals surface area contributed by atoms with Crippen molar-refractivity contribution >= 4 is 5.97 Å². The molecule has 1 unspecified atom stereocenters. The molecule has 0 radical (unpaired) electrons. The van der Waals surface area contributed by atoms with Crippen LogP contribution in [0.5, 0.6) is 17.2 Å². The number of carbonyl (C=O) groups is 1. The van der Waals surface area contributed by atoms with Crippen LogP contribution in [0.15, 0.2) is 78.9 Å². The lowest BCUT2D eigenvalue weighted by atomic mass is 9.92. The quantitative estimate of drug-likeness (QED) is 0.492. The Morgan fingerprint density at radius 1 is 0.862 bits per heavy atom. The van der Waals surface area contributed by atoms with Crippen molar-refractivity contribution in [1.82, 2.24) is 0 Å². The van der Waals surface area contributed by atoms with Crippen molar-refractivity contribution in [2.45, 2.75) is 26.2 Å². The van der Waals surface area contributed by atoms with Crippen molar-refractivity contribution < 1.29 is 19.4 Å². The zero-order valence-corrected chi connectivity index (χ0v) is 16.7. The highest BCUT2D eigenvalue weighted by atomic mass is 16.5. The number of carboxylic acids is 1. The number of hydrogen-bond donors (Lipinski definition) is 1. The van der Waals surface area contributed by atoms with Gasteiger partial charge in [0.2, 0.25) is 0 Å². The van der Waals surface area contributed by atoms with Gasteiger partial charge in [0.25, 0.3) is 0 Å². The zero-order valence-electron chi connectivity index (χ0n) is 16.7. The number of rotatable bonds is 9. The second-order valence-corrected chi connectivity index (χ2v) is 7.43. The minimum atomic E-state index is -0.861. The Morgan fingerprint density at radius 2 is 1.55 bits per heavy atom. The van der Waals surface area contributed by atoms with E-state index in [4.69, 9.17) is 9.47 Å². The van der Waals surface area contributed by atoms with E-state index < -0.39 is 11.9 Å². The van der Waals surface area contributed by atoms with Gasteiger partial charge in [0.15, 0.2) is 0 Å². The van der Waals surface area contributed by atoms with Gasteiger partial charge < -0.3 is 14.6 Å². The molecule has 3 rings (SSSR count). The summed E-state index contributed by atoms with van der Waals surface area (Å²) in [5.41, 5.74) is 1.63. The summed E-state index contributed by atoms with van der Waals surface area (Å²) in [5, 5.41) is 9.83. The van der Waals surface area contributed by atoms with Gasteiger partial charge in [-0.25, -0.2) is 0 Å². The summed E-state index contributed by atoms with van der Waals surface area (Å²) >= 11 is 0. The van der Waals surface area contributed by atoms with E-state index in [1.807, 2.05) is 78.9 Å². The van der Waals surface area contributed by atoms with E-state index in [1.165, 1.54) is 0 Å². The lowest BCUT2D eigenvalue weighted by Crippen LogP contribution is -2.15. The SMILES string of the molecule is CC(C)COc1cccc(C(Cc2cccc(Oc3ccccc3)c2)C(=O)O)c1. The van der Waals surface area contributed by atoms with E-state index in [9.17, 15) is 9.90 Å². The van der Waals surface area contributed by atoms with Crippen molar-refractivity contribution in [1.29, 1.82) is 0 Å². The van der Waals surface area contributed by atoms with E-state index in [1.54, 1.807) is 0 Å². The molecule has 0 bridgehead atoms. The van der Waals surface area contributed by atoms with Crippen LogP contribution in [0.4, 0.5) is 0 Å². The number of ether oxygens (including phenoxy) is 2. The van der Waals surface area contributed by atoms with Gasteiger partial charge in [-0.05, 0) is 59.9 Å². The highest BCUT2D eigenvalue weighted by Crippen LogP contribution is 2.28. The minimum Gasteiger partial charge on any atom is -0.493 e. The number of carboxylic acid groups (broad SMARTS) is 1. The lowest BCUT2D eigenvalue weighted by Gasteiger charge is -2.16. The Bertz CT molecular complexity index is 934. The van der Waals surface area contributed by atoms with E-state index in [0.29, 0.717) is 30.4 Å². The Labute approximate surface area is 171 Å². The van der Waals surface area contributed by atoms with Crippen LogP contribution in [-0.4, -0.2) is 17.7 Å². The average Bonchev–Trinajstić information content (AvgIpc) is 2.71. The molecule has 0 spiro atoms. The van der Waals surface area contributed by atoms with Crippen molar-refractivity contribution in [2.75, 3.05) is 6.61 Å². The molecule has 0 heterocycles. The fourth-order valence-electron chi connectivity index (χ4n) is 3.03. The number of para-hydroxylation sites is 1. The molecule has 0 aliphatic carbocycles. The van der Waals surface area contributed by atoms with Gasteiger partial charge in [-0.3, -0.25) is 4.79 Å². The molecule has 1 N–H and O–H groups in total. The van der Waals surface area contributed by atoms with Crippen LogP contribution in [0, 0.1) is 5.92 Å². The van der Waals surface area contributed by atoms with Gasteiger partial charge in [0.1, 0.15) is 17.2 Å². The number of hydrogen-bond acceptors (Lipinski definition) is 3. The fourth-order valence-corrected chi connectivity index (χ4v) is 3.03. The van der Waals surface area contributed by atoms with E-state index in [2.05, 4.69) is 13.8 Å². The highest BCUT2D eigenvalue weighted by Gasteiger charge is 2.21. The molecular formula is C25H26O4. The van der Waals surface area contributed by atoms with Gasteiger partial charge in [0, 0.05) is 0 Å². The molecule has 0 fully saturated rings. The van der Waals surface area contributed by atoms with Crippen LogP contribution >= 0.6 is 0 Å². The van der Waals surface area contributed by atoms with Crippen LogP contribution in [0.2, 0.25) is 0 Å². The molecule has 4 nitrogen and oxygen atoms in total. The monoisotopic (exact) mass is 390 g/mol. The van der Waals surface area contributed by atoms with Crippen LogP contribution in [0.3, 0.4) is 0 Å². The van der Waals surface area contributed by atoms with E-state index in [0.717, 1.165) is 16.9 Å². The molecular weight excluding hydrogens is 364 g/mol.